The van der Waals surface area contributed by atoms with Crippen LogP contribution >= 0.6 is 15.9 Å². The third kappa shape index (κ3) is 4.16. The molecule has 0 aromatic heterocycles. The Kier molecular flexibility index (Phi) is 5.85. The van der Waals surface area contributed by atoms with Gasteiger partial charge in [0.05, 0.1) is 24.7 Å². The molecule has 144 valence electrons. The average molecular weight is 455 g/mol. The zero-order valence-electron chi connectivity index (χ0n) is 14.8. The molecule has 0 saturated carbocycles. The fourth-order valence-corrected chi connectivity index (χ4v) is 4.20. The highest BCUT2D eigenvalue weighted by atomic mass is 79.9. The van der Waals surface area contributed by atoms with E-state index in [9.17, 15) is 13.2 Å². The highest BCUT2D eigenvalue weighted by Crippen LogP contribution is 2.34. The van der Waals surface area contributed by atoms with Gasteiger partial charge >= 0.3 is 0 Å². The van der Waals surface area contributed by atoms with Crippen LogP contribution in [0.3, 0.4) is 0 Å². The lowest BCUT2D eigenvalue weighted by Gasteiger charge is -2.27. The van der Waals surface area contributed by atoms with Gasteiger partial charge in [0, 0.05) is 29.1 Å². The maximum absolute atomic E-state index is 12.7. The van der Waals surface area contributed by atoms with Gasteiger partial charge in [-0.25, -0.2) is 8.42 Å². The Morgan fingerprint density at radius 1 is 1.30 bits per heavy atom. The summed E-state index contributed by atoms with van der Waals surface area (Å²) >= 11 is 3.43. The van der Waals surface area contributed by atoms with Gasteiger partial charge in [0.25, 0.3) is 15.9 Å². The van der Waals surface area contributed by atoms with Crippen molar-refractivity contribution in [2.75, 3.05) is 20.8 Å². The molecule has 9 heteroatoms. The number of amides is 1. The summed E-state index contributed by atoms with van der Waals surface area (Å²) in [5.41, 5.74) is 1.13. The first-order chi connectivity index (χ1) is 12.8. The Hall–Kier alpha value is -1.94. The number of sulfonamides is 1. The lowest BCUT2D eigenvalue weighted by molar-refractivity contribution is -0.0258. The Balaban J connectivity index is 1.85. The maximum Gasteiger partial charge on any atom is 0.264 e. The summed E-state index contributed by atoms with van der Waals surface area (Å²) < 4.78 is 32.0. The molecule has 2 aromatic rings. The largest absolute Gasteiger partial charge is 0.493 e. The van der Waals surface area contributed by atoms with Crippen LogP contribution in [-0.2, 0) is 14.9 Å². The van der Waals surface area contributed by atoms with Crippen LogP contribution in [0.25, 0.3) is 0 Å². The Labute approximate surface area is 166 Å². The quantitative estimate of drug-likeness (QED) is 0.701. The lowest BCUT2D eigenvalue weighted by Crippen LogP contribution is -2.32. The van der Waals surface area contributed by atoms with Crippen LogP contribution in [0.1, 0.15) is 28.4 Å². The minimum Gasteiger partial charge on any atom is -0.493 e. The Bertz CT molecular complexity index is 964. The molecule has 1 N–H and O–H groups in total. The highest BCUT2D eigenvalue weighted by molar-refractivity contribution is 9.10. The number of nitrogens with zero attached hydrogens (tertiary/aromatic N) is 1. The molecule has 7 nitrogen and oxygen atoms in total. The second-order valence-electron chi connectivity index (χ2n) is 5.97. The van der Waals surface area contributed by atoms with Crippen molar-refractivity contribution in [3.8, 4) is 5.75 Å². The van der Waals surface area contributed by atoms with Crippen LogP contribution in [0.5, 0.6) is 5.75 Å². The van der Waals surface area contributed by atoms with Gasteiger partial charge in [-0.05, 0) is 36.4 Å². The maximum atomic E-state index is 12.7. The fourth-order valence-electron chi connectivity index (χ4n) is 2.80. The monoisotopic (exact) mass is 454 g/mol. The van der Waals surface area contributed by atoms with Crippen molar-refractivity contribution in [1.82, 2.24) is 9.79 Å². The van der Waals surface area contributed by atoms with Gasteiger partial charge in [0.15, 0.2) is 0 Å². The van der Waals surface area contributed by atoms with Crippen molar-refractivity contribution in [3.63, 3.8) is 0 Å². The van der Waals surface area contributed by atoms with E-state index in [-0.39, 0.29) is 22.4 Å². The molecular weight excluding hydrogens is 436 g/mol. The lowest BCUT2D eigenvalue weighted by atomic mass is 10.00. The topological polar surface area (TPSA) is 84.9 Å². The van der Waals surface area contributed by atoms with Crippen molar-refractivity contribution in [1.29, 1.82) is 0 Å². The molecule has 0 saturated heterocycles. The van der Waals surface area contributed by atoms with E-state index < -0.39 is 10.0 Å². The first kappa shape index (κ1) is 19.8. The van der Waals surface area contributed by atoms with Crippen molar-refractivity contribution >= 4 is 31.9 Å². The molecule has 1 heterocycles. The van der Waals surface area contributed by atoms with Crippen molar-refractivity contribution in [2.24, 2.45) is 0 Å². The van der Waals surface area contributed by atoms with E-state index in [2.05, 4.69) is 21.2 Å². The van der Waals surface area contributed by atoms with Gasteiger partial charge in [-0.2, -0.15) is 0 Å². The number of ether oxygens (including phenoxy) is 1. The molecule has 1 aliphatic heterocycles. The smallest absolute Gasteiger partial charge is 0.264 e. The van der Waals surface area contributed by atoms with Crippen LogP contribution in [0.2, 0.25) is 0 Å². The van der Waals surface area contributed by atoms with Crippen LogP contribution in [0, 0.1) is 0 Å². The number of fused-ring (bicyclic) bond motifs is 1. The van der Waals surface area contributed by atoms with Gasteiger partial charge in [0.1, 0.15) is 5.75 Å². The summed E-state index contributed by atoms with van der Waals surface area (Å²) in [6.07, 6.45) is 0.625. The van der Waals surface area contributed by atoms with E-state index in [4.69, 9.17) is 9.57 Å². The van der Waals surface area contributed by atoms with Crippen LogP contribution in [0.15, 0.2) is 51.8 Å². The number of halogens is 1. The van der Waals surface area contributed by atoms with Gasteiger partial charge < -0.3 is 10.1 Å². The molecule has 3 rings (SSSR count). The Morgan fingerprint density at radius 2 is 2.07 bits per heavy atom. The zero-order valence-corrected chi connectivity index (χ0v) is 17.2. The second-order valence-corrected chi connectivity index (χ2v) is 8.82. The van der Waals surface area contributed by atoms with Gasteiger partial charge in [-0.1, -0.05) is 26.5 Å². The van der Waals surface area contributed by atoms with Gasteiger partial charge in [-0.15, -0.1) is 0 Å². The SMILES string of the molecule is CON(C)S(=O)(=O)c1cccc(C(=O)NC2CCOc3ccc(Br)cc32)c1. The fraction of sp³-hybridized carbons (Fsp3) is 0.278. The summed E-state index contributed by atoms with van der Waals surface area (Å²) in [5, 5.41) is 2.96. The van der Waals surface area contributed by atoms with E-state index in [1.807, 2.05) is 18.2 Å². The number of hydrogen-bond donors (Lipinski definition) is 1. The van der Waals surface area contributed by atoms with E-state index in [1.165, 1.54) is 32.4 Å². The van der Waals surface area contributed by atoms with Crippen LogP contribution < -0.4 is 10.1 Å². The van der Waals surface area contributed by atoms with E-state index >= 15 is 0 Å². The molecule has 2 aromatic carbocycles. The summed E-state index contributed by atoms with van der Waals surface area (Å²) in [7, 11) is -1.28. The molecule has 27 heavy (non-hydrogen) atoms. The summed E-state index contributed by atoms with van der Waals surface area (Å²) in [6.45, 7) is 0.493. The van der Waals surface area contributed by atoms with Crippen LogP contribution in [0.4, 0.5) is 0 Å². The average Bonchev–Trinajstić information content (AvgIpc) is 2.67. The summed E-state index contributed by atoms with van der Waals surface area (Å²) in [5.74, 6) is 0.373. The van der Waals surface area contributed by atoms with Crippen LogP contribution in [-0.4, -0.2) is 39.6 Å². The predicted molar refractivity (Wildman–Crippen MR) is 103 cm³/mol. The summed E-state index contributed by atoms with van der Waals surface area (Å²) in [4.78, 5) is 17.5. The number of nitrogens with one attached hydrogen (secondary N) is 1. The number of hydroxylamine groups is 1. The minimum absolute atomic E-state index is 0.0189. The van der Waals surface area contributed by atoms with E-state index in [0.717, 1.165) is 20.3 Å². The zero-order chi connectivity index (χ0) is 19.6. The first-order valence-electron chi connectivity index (χ1n) is 8.19. The predicted octanol–water partition coefficient (Wildman–Crippen LogP) is 2.88. The first-order valence-corrected chi connectivity index (χ1v) is 10.4. The number of hydrogen-bond acceptors (Lipinski definition) is 5. The number of carbonyl (C=O) groups excluding carboxylic acids is 1. The normalized spacial score (nSPS) is 16.5. The molecule has 0 aliphatic carbocycles. The Morgan fingerprint density at radius 3 is 2.81 bits per heavy atom. The molecule has 0 fully saturated rings. The molecule has 0 radical (unpaired) electrons. The molecule has 1 atom stereocenters. The number of carbonyl (C=O) groups is 1. The minimum atomic E-state index is -3.83. The number of benzene rings is 2. The van der Waals surface area contributed by atoms with Crippen molar-refractivity contribution in [3.05, 3.63) is 58.1 Å². The molecule has 1 unspecified atom stereocenters. The van der Waals surface area contributed by atoms with Crippen molar-refractivity contribution < 1.29 is 22.8 Å². The highest BCUT2D eigenvalue weighted by Gasteiger charge is 2.25. The summed E-state index contributed by atoms with van der Waals surface area (Å²) in [6, 6.07) is 11.3. The molecule has 0 spiro atoms. The molecular formula is C18H19BrN2O5S. The van der Waals surface area contributed by atoms with Gasteiger partial charge in [0.2, 0.25) is 0 Å². The number of rotatable bonds is 5. The molecule has 0 bridgehead atoms. The van der Waals surface area contributed by atoms with E-state index in [1.54, 1.807) is 6.07 Å². The molecule has 1 aliphatic rings. The third-order valence-electron chi connectivity index (χ3n) is 4.31. The third-order valence-corrected chi connectivity index (χ3v) is 6.48. The van der Waals surface area contributed by atoms with Crippen molar-refractivity contribution in [2.45, 2.75) is 17.4 Å². The van der Waals surface area contributed by atoms with E-state index in [0.29, 0.717) is 13.0 Å². The van der Waals surface area contributed by atoms with Gasteiger partial charge in [-0.3, -0.25) is 9.63 Å². The standard InChI is InChI=1S/C18H19BrN2O5S/c1-21(25-2)27(23,24)14-5-3-4-12(10-14)18(22)20-16-8-9-26-17-7-6-13(19)11-15(16)17/h3-7,10-11,16H,8-9H2,1-2H3,(H,20,22). The second kappa shape index (κ2) is 7.97. The molecule has 1 amide bonds.